The summed E-state index contributed by atoms with van der Waals surface area (Å²) >= 11 is 0. The van der Waals surface area contributed by atoms with Crippen molar-refractivity contribution in [3.8, 4) is 0 Å². The zero-order valence-corrected chi connectivity index (χ0v) is 12.2. The molecule has 1 saturated carbocycles. The van der Waals surface area contributed by atoms with Crippen LogP contribution in [0, 0.1) is 11.3 Å². The molecule has 104 valence electrons. The highest BCUT2D eigenvalue weighted by atomic mass is 16.2. The van der Waals surface area contributed by atoms with Crippen LogP contribution < -0.4 is 5.32 Å². The van der Waals surface area contributed by atoms with Crippen molar-refractivity contribution in [1.29, 1.82) is 0 Å². The van der Waals surface area contributed by atoms with Gasteiger partial charge in [0.15, 0.2) is 0 Å². The van der Waals surface area contributed by atoms with Crippen molar-refractivity contribution in [2.75, 3.05) is 33.7 Å². The lowest BCUT2D eigenvalue weighted by molar-refractivity contribution is 0.152. The standard InChI is InChI=1S/C14H27N3O/c1-14(2)9-11(14)10-15-12-5-7-17(8-6-12)13(18)16(3)4/h11-12,15H,5-10H2,1-4H3. The van der Waals surface area contributed by atoms with Crippen molar-refractivity contribution >= 4 is 6.03 Å². The third-order valence-electron chi connectivity index (χ3n) is 4.52. The van der Waals surface area contributed by atoms with Crippen molar-refractivity contribution in [3.63, 3.8) is 0 Å². The van der Waals surface area contributed by atoms with Crippen LogP contribution in [0.3, 0.4) is 0 Å². The molecule has 0 aromatic rings. The van der Waals surface area contributed by atoms with Gasteiger partial charge in [-0.1, -0.05) is 13.8 Å². The van der Waals surface area contributed by atoms with Crippen LogP contribution in [0.15, 0.2) is 0 Å². The summed E-state index contributed by atoms with van der Waals surface area (Å²) in [6, 6.07) is 0.754. The van der Waals surface area contributed by atoms with Gasteiger partial charge in [0, 0.05) is 33.2 Å². The number of nitrogens with zero attached hydrogens (tertiary/aromatic N) is 2. The SMILES string of the molecule is CN(C)C(=O)N1CCC(NCC2CC2(C)C)CC1. The minimum absolute atomic E-state index is 0.150. The molecule has 4 heteroatoms. The Morgan fingerprint density at radius 1 is 1.33 bits per heavy atom. The average Bonchev–Trinajstić information content (AvgIpc) is 2.94. The molecule has 2 amide bonds. The summed E-state index contributed by atoms with van der Waals surface area (Å²) < 4.78 is 0. The molecule has 2 aliphatic rings. The van der Waals surface area contributed by atoms with Gasteiger partial charge >= 0.3 is 6.03 Å². The Morgan fingerprint density at radius 2 is 1.89 bits per heavy atom. The summed E-state index contributed by atoms with van der Waals surface area (Å²) in [5.74, 6) is 0.860. The number of rotatable bonds is 3. The number of hydrogen-bond donors (Lipinski definition) is 1. The predicted molar refractivity (Wildman–Crippen MR) is 73.6 cm³/mol. The Hall–Kier alpha value is -0.770. The summed E-state index contributed by atoms with van der Waals surface area (Å²) in [6.45, 7) is 7.63. The fourth-order valence-electron chi connectivity index (χ4n) is 2.79. The van der Waals surface area contributed by atoms with Crippen molar-refractivity contribution in [3.05, 3.63) is 0 Å². The maximum absolute atomic E-state index is 11.8. The van der Waals surface area contributed by atoms with Gasteiger partial charge in [0.05, 0.1) is 0 Å². The molecule has 1 aliphatic carbocycles. The maximum Gasteiger partial charge on any atom is 0.319 e. The molecule has 2 rings (SSSR count). The molecule has 18 heavy (non-hydrogen) atoms. The first-order chi connectivity index (χ1) is 8.40. The summed E-state index contributed by atoms with van der Waals surface area (Å²) in [5, 5.41) is 3.68. The van der Waals surface area contributed by atoms with E-state index in [2.05, 4.69) is 19.2 Å². The Bertz CT molecular complexity index is 306. The van der Waals surface area contributed by atoms with Crippen LogP contribution in [0.25, 0.3) is 0 Å². The van der Waals surface area contributed by atoms with Crippen molar-refractivity contribution < 1.29 is 4.79 Å². The molecular formula is C14H27N3O. The molecule has 0 aromatic carbocycles. The summed E-state index contributed by atoms with van der Waals surface area (Å²) in [4.78, 5) is 15.4. The Labute approximate surface area is 111 Å². The van der Waals surface area contributed by atoms with Crippen LogP contribution in [0.2, 0.25) is 0 Å². The van der Waals surface area contributed by atoms with E-state index in [9.17, 15) is 4.79 Å². The van der Waals surface area contributed by atoms with Crippen LogP contribution >= 0.6 is 0 Å². The van der Waals surface area contributed by atoms with Crippen LogP contribution in [-0.4, -0.2) is 55.6 Å². The van der Waals surface area contributed by atoms with E-state index < -0.39 is 0 Å². The number of urea groups is 1. The van der Waals surface area contributed by atoms with Crippen LogP contribution in [-0.2, 0) is 0 Å². The van der Waals surface area contributed by atoms with Gasteiger partial charge in [0.25, 0.3) is 0 Å². The number of hydrogen-bond acceptors (Lipinski definition) is 2. The first-order valence-electron chi connectivity index (χ1n) is 7.10. The van der Waals surface area contributed by atoms with Crippen molar-refractivity contribution in [2.24, 2.45) is 11.3 Å². The fourth-order valence-corrected chi connectivity index (χ4v) is 2.79. The maximum atomic E-state index is 11.8. The third-order valence-corrected chi connectivity index (χ3v) is 4.52. The number of likely N-dealkylation sites (tertiary alicyclic amines) is 1. The second-order valence-corrected chi connectivity index (χ2v) is 6.74. The fraction of sp³-hybridized carbons (Fsp3) is 0.929. The number of carbonyl (C=O) groups is 1. The van der Waals surface area contributed by atoms with Gasteiger partial charge in [0.1, 0.15) is 0 Å². The van der Waals surface area contributed by atoms with Crippen molar-refractivity contribution in [2.45, 2.75) is 39.2 Å². The second-order valence-electron chi connectivity index (χ2n) is 6.74. The first kappa shape index (κ1) is 13.7. The lowest BCUT2D eigenvalue weighted by Gasteiger charge is -2.34. The average molecular weight is 253 g/mol. The van der Waals surface area contributed by atoms with E-state index >= 15 is 0 Å². The lowest BCUT2D eigenvalue weighted by Crippen LogP contribution is -2.48. The highest BCUT2D eigenvalue weighted by Gasteiger charge is 2.45. The molecule has 0 bridgehead atoms. The molecule has 0 aromatic heterocycles. The quantitative estimate of drug-likeness (QED) is 0.832. The van der Waals surface area contributed by atoms with Gasteiger partial charge in [-0.3, -0.25) is 0 Å². The van der Waals surface area contributed by atoms with E-state index in [-0.39, 0.29) is 6.03 Å². The molecule has 1 N–H and O–H groups in total. The van der Waals surface area contributed by atoms with Gasteiger partial charge in [-0.15, -0.1) is 0 Å². The highest BCUT2D eigenvalue weighted by molar-refractivity contribution is 5.73. The Morgan fingerprint density at radius 3 is 2.33 bits per heavy atom. The smallest absolute Gasteiger partial charge is 0.319 e. The zero-order chi connectivity index (χ0) is 13.3. The van der Waals surface area contributed by atoms with E-state index in [0.717, 1.165) is 38.4 Å². The molecule has 1 heterocycles. The molecule has 0 radical (unpaired) electrons. The number of piperidine rings is 1. The van der Waals surface area contributed by atoms with Gasteiger partial charge in [-0.05, 0) is 37.1 Å². The summed E-state index contributed by atoms with van der Waals surface area (Å²) in [7, 11) is 3.64. The van der Waals surface area contributed by atoms with E-state index in [1.807, 2.05) is 19.0 Å². The van der Waals surface area contributed by atoms with Crippen LogP contribution in [0.5, 0.6) is 0 Å². The van der Waals surface area contributed by atoms with Gasteiger partial charge in [0.2, 0.25) is 0 Å². The lowest BCUT2D eigenvalue weighted by atomic mass is 10.0. The topological polar surface area (TPSA) is 35.6 Å². The van der Waals surface area contributed by atoms with Crippen molar-refractivity contribution in [1.82, 2.24) is 15.1 Å². The molecule has 2 fully saturated rings. The van der Waals surface area contributed by atoms with E-state index in [0.29, 0.717) is 11.5 Å². The largest absolute Gasteiger partial charge is 0.331 e. The molecule has 0 spiro atoms. The number of carbonyl (C=O) groups excluding carboxylic acids is 1. The van der Waals surface area contributed by atoms with Gasteiger partial charge in [-0.25, -0.2) is 4.79 Å². The monoisotopic (exact) mass is 253 g/mol. The number of amides is 2. The van der Waals surface area contributed by atoms with Gasteiger partial charge in [-0.2, -0.15) is 0 Å². The predicted octanol–water partition coefficient (Wildman–Crippen LogP) is 1.77. The minimum Gasteiger partial charge on any atom is -0.331 e. The Balaban J connectivity index is 1.66. The van der Waals surface area contributed by atoms with Crippen LogP contribution in [0.4, 0.5) is 4.79 Å². The molecule has 4 nitrogen and oxygen atoms in total. The summed E-state index contributed by atoms with van der Waals surface area (Å²) in [6.07, 6.45) is 3.54. The van der Waals surface area contributed by atoms with E-state index in [1.54, 1.807) is 4.90 Å². The van der Waals surface area contributed by atoms with Gasteiger partial charge < -0.3 is 15.1 Å². The molecule has 1 aliphatic heterocycles. The third kappa shape index (κ3) is 3.16. The van der Waals surface area contributed by atoms with E-state index in [1.165, 1.54) is 6.42 Å². The molecule has 1 unspecified atom stereocenters. The zero-order valence-electron chi connectivity index (χ0n) is 12.2. The molecule has 1 saturated heterocycles. The number of nitrogens with one attached hydrogen (secondary N) is 1. The first-order valence-corrected chi connectivity index (χ1v) is 7.10. The minimum atomic E-state index is 0.150. The highest BCUT2D eigenvalue weighted by Crippen LogP contribution is 2.51. The van der Waals surface area contributed by atoms with E-state index in [4.69, 9.17) is 0 Å². The second kappa shape index (κ2) is 5.08. The summed E-state index contributed by atoms with van der Waals surface area (Å²) in [5.41, 5.74) is 0.564. The normalized spacial score (nSPS) is 27.1. The Kier molecular flexibility index (Phi) is 3.85. The molecule has 1 atom stereocenters. The van der Waals surface area contributed by atoms with Crippen LogP contribution in [0.1, 0.15) is 33.1 Å². The molecular weight excluding hydrogens is 226 g/mol.